The van der Waals surface area contributed by atoms with Gasteiger partial charge in [-0.15, -0.1) is 0 Å². The van der Waals surface area contributed by atoms with Gasteiger partial charge in [0, 0.05) is 27.6 Å². The molecule has 0 saturated heterocycles. The minimum atomic E-state index is 0.371. The molecular formula is C18H10ClN3. The van der Waals surface area contributed by atoms with Gasteiger partial charge in [-0.05, 0) is 36.4 Å². The molecule has 0 aliphatic rings. The molecule has 3 nitrogen and oxygen atoms in total. The molecule has 0 saturated carbocycles. The molecule has 0 aliphatic carbocycles. The van der Waals surface area contributed by atoms with Crippen molar-refractivity contribution in [3.8, 4) is 17.9 Å². The van der Waals surface area contributed by atoms with E-state index >= 15 is 0 Å². The third kappa shape index (κ3) is 2.72. The molecule has 2 aromatic carbocycles. The van der Waals surface area contributed by atoms with E-state index < -0.39 is 0 Å². The van der Waals surface area contributed by atoms with Crippen molar-refractivity contribution in [1.29, 1.82) is 5.26 Å². The van der Waals surface area contributed by atoms with E-state index in [0.717, 1.165) is 16.3 Å². The van der Waals surface area contributed by atoms with E-state index in [1.54, 1.807) is 36.5 Å². The first-order chi connectivity index (χ1) is 10.7. The van der Waals surface area contributed by atoms with Gasteiger partial charge in [0.15, 0.2) is 0 Å². The number of fused-ring (bicyclic) bond motifs is 1. The zero-order valence-electron chi connectivity index (χ0n) is 11.5. The molecule has 0 fully saturated rings. The number of hydrogen-bond acceptors (Lipinski definition) is 3. The van der Waals surface area contributed by atoms with E-state index in [2.05, 4.69) is 22.9 Å². The van der Waals surface area contributed by atoms with Gasteiger partial charge in [-0.3, -0.25) is 0 Å². The molecule has 0 amide bonds. The summed E-state index contributed by atoms with van der Waals surface area (Å²) >= 11 is 6.05. The SMILES string of the molecule is N#Cc1ccc(C#Cc2c(N)ncc3ccc(Cl)cc23)cc1. The van der Waals surface area contributed by atoms with Crippen LogP contribution in [0.2, 0.25) is 5.02 Å². The smallest absolute Gasteiger partial charge is 0.139 e. The van der Waals surface area contributed by atoms with E-state index in [0.29, 0.717) is 22.0 Å². The van der Waals surface area contributed by atoms with Crippen molar-refractivity contribution in [2.45, 2.75) is 0 Å². The van der Waals surface area contributed by atoms with Crippen molar-refractivity contribution in [3.63, 3.8) is 0 Å². The van der Waals surface area contributed by atoms with Crippen LogP contribution in [0.15, 0.2) is 48.7 Å². The standard InChI is InChI=1S/C18H10ClN3/c19-15-7-6-14-11-22-18(21)16(17(14)9-15)8-5-12-1-3-13(10-20)4-2-12/h1-4,6-7,9,11H,(H2,21,22). The lowest BCUT2D eigenvalue weighted by molar-refractivity contribution is 1.36. The van der Waals surface area contributed by atoms with Gasteiger partial charge in [0.2, 0.25) is 0 Å². The Bertz CT molecular complexity index is 953. The highest BCUT2D eigenvalue weighted by Gasteiger charge is 2.05. The lowest BCUT2D eigenvalue weighted by Crippen LogP contribution is -1.95. The normalized spacial score (nSPS) is 9.82. The van der Waals surface area contributed by atoms with Crippen molar-refractivity contribution in [2.75, 3.05) is 5.73 Å². The van der Waals surface area contributed by atoms with Crippen LogP contribution in [0, 0.1) is 23.2 Å². The first-order valence-corrected chi connectivity index (χ1v) is 6.91. The number of anilines is 1. The maximum Gasteiger partial charge on any atom is 0.139 e. The number of nitrogen functional groups attached to an aromatic ring is 1. The Kier molecular flexibility index (Phi) is 3.66. The van der Waals surface area contributed by atoms with Crippen LogP contribution in [0.1, 0.15) is 16.7 Å². The number of nitrogens with zero attached hydrogens (tertiary/aromatic N) is 2. The summed E-state index contributed by atoms with van der Waals surface area (Å²) in [4.78, 5) is 4.17. The number of nitrogens with two attached hydrogens (primary N) is 1. The van der Waals surface area contributed by atoms with Gasteiger partial charge >= 0.3 is 0 Å². The van der Waals surface area contributed by atoms with Gasteiger partial charge in [-0.2, -0.15) is 5.26 Å². The second-order valence-corrected chi connectivity index (χ2v) is 5.13. The second-order valence-electron chi connectivity index (χ2n) is 4.69. The number of rotatable bonds is 0. The van der Waals surface area contributed by atoms with E-state index in [1.165, 1.54) is 0 Å². The molecule has 0 unspecified atom stereocenters. The first-order valence-electron chi connectivity index (χ1n) is 6.53. The number of halogens is 1. The van der Waals surface area contributed by atoms with E-state index in [1.807, 2.05) is 12.1 Å². The topological polar surface area (TPSA) is 62.7 Å². The first kappa shape index (κ1) is 13.9. The highest BCUT2D eigenvalue weighted by molar-refractivity contribution is 6.31. The largest absolute Gasteiger partial charge is 0.383 e. The third-order valence-corrected chi connectivity index (χ3v) is 3.46. The average molecular weight is 304 g/mol. The summed E-state index contributed by atoms with van der Waals surface area (Å²) in [6.07, 6.45) is 1.70. The quantitative estimate of drug-likeness (QED) is 0.643. The summed E-state index contributed by atoms with van der Waals surface area (Å²) in [5.74, 6) is 6.47. The van der Waals surface area contributed by atoms with Crippen LogP contribution in [-0.4, -0.2) is 4.98 Å². The van der Waals surface area contributed by atoms with Crippen molar-refractivity contribution in [1.82, 2.24) is 4.98 Å². The molecule has 0 aliphatic heterocycles. The van der Waals surface area contributed by atoms with Crippen LogP contribution in [0.3, 0.4) is 0 Å². The maximum absolute atomic E-state index is 8.79. The van der Waals surface area contributed by atoms with Crippen LogP contribution >= 0.6 is 11.6 Å². The summed E-state index contributed by atoms with van der Waals surface area (Å²) in [6.45, 7) is 0. The summed E-state index contributed by atoms with van der Waals surface area (Å²) in [7, 11) is 0. The van der Waals surface area contributed by atoms with Crippen LogP contribution in [0.4, 0.5) is 5.82 Å². The number of nitriles is 1. The van der Waals surface area contributed by atoms with Crippen LogP contribution in [-0.2, 0) is 0 Å². The highest BCUT2D eigenvalue weighted by atomic mass is 35.5. The van der Waals surface area contributed by atoms with Gasteiger partial charge in [0.25, 0.3) is 0 Å². The second kappa shape index (κ2) is 5.77. The van der Waals surface area contributed by atoms with Gasteiger partial charge in [0.05, 0.1) is 17.2 Å². The Morgan fingerprint density at radius 3 is 2.45 bits per heavy atom. The predicted octanol–water partition coefficient (Wildman–Crippen LogP) is 3.74. The minimum Gasteiger partial charge on any atom is -0.383 e. The third-order valence-electron chi connectivity index (χ3n) is 3.23. The zero-order chi connectivity index (χ0) is 15.5. The van der Waals surface area contributed by atoms with E-state index in [4.69, 9.17) is 22.6 Å². The maximum atomic E-state index is 8.79. The molecule has 22 heavy (non-hydrogen) atoms. The molecule has 3 aromatic rings. The molecule has 0 bridgehead atoms. The predicted molar refractivity (Wildman–Crippen MR) is 88.3 cm³/mol. The van der Waals surface area contributed by atoms with Crippen molar-refractivity contribution >= 4 is 28.2 Å². The highest BCUT2D eigenvalue weighted by Crippen LogP contribution is 2.24. The Morgan fingerprint density at radius 2 is 1.73 bits per heavy atom. The molecule has 3 rings (SSSR count). The Morgan fingerprint density at radius 1 is 1.00 bits per heavy atom. The molecule has 1 heterocycles. The number of benzene rings is 2. The lowest BCUT2D eigenvalue weighted by atomic mass is 10.1. The number of hydrogen-bond donors (Lipinski definition) is 1. The van der Waals surface area contributed by atoms with Gasteiger partial charge < -0.3 is 5.73 Å². The molecule has 2 N–H and O–H groups in total. The summed E-state index contributed by atoms with van der Waals surface area (Å²) in [5, 5.41) is 11.2. The molecule has 1 aromatic heterocycles. The van der Waals surface area contributed by atoms with Crippen molar-refractivity contribution in [3.05, 3.63) is 70.4 Å². The number of pyridine rings is 1. The molecule has 0 radical (unpaired) electrons. The Balaban J connectivity index is 2.11. The van der Waals surface area contributed by atoms with Crippen molar-refractivity contribution < 1.29 is 0 Å². The molecule has 104 valence electrons. The molecule has 4 heteroatoms. The molecular weight excluding hydrogens is 294 g/mol. The number of aromatic nitrogens is 1. The fourth-order valence-corrected chi connectivity index (χ4v) is 2.27. The lowest BCUT2D eigenvalue weighted by Gasteiger charge is -2.04. The summed E-state index contributed by atoms with van der Waals surface area (Å²) < 4.78 is 0. The zero-order valence-corrected chi connectivity index (χ0v) is 12.2. The van der Waals surface area contributed by atoms with E-state index in [9.17, 15) is 0 Å². The molecule has 0 spiro atoms. The molecule has 0 atom stereocenters. The average Bonchev–Trinajstić information content (AvgIpc) is 2.54. The fraction of sp³-hybridized carbons (Fsp3) is 0. The fourth-order valence-electron chi connectivity index (χ4n) is 2.09. The van der Waals surface area contributed by atoms with Crippen LogP contribution in [0.25, 0.3) is 10.8 Å². The minimum absolute atomic E-state index is 0.371. The Hall–Kier alpha value is -3.01. The van der Waals surface area contributed by atoms with E-state index in [-0.39, 0.29) is 0 Å². The van der Waals surface area contributed by atoms with Crippen molar-refractivity contribution in [2.24, 2.45) is 0 Å². The van der Waals surface area contributed by atoms with Gasteiger partial charge in [-0.25, -0.2) is 4.98 Å². The van der Waals surface area contributed by atoms with Gasteiger partial charge in [-0.1, -0.05) is 29.5 Å². The monoisotopic (exact) mass is 303 g/mol. The van der Waals surface area contributed by atoms with Crippen LogP contribution in [0.5, 0.6) is 0 Å². The van der Waals surface area contributed by atoms with Gasteiger partial charge in [0.1, 0.15) is 5.82 Å². The summed E-state index contributed by atoms with van der Waals surface area (Å²) in [6, 6.07) is 14.7. The summed E-state index contributed by atoms with van der Waals surface area (Å²) in [5.41, 5.74) is 8.01. The Labute approximate surface area is 133 Å². The van der Waals surface area contributed by atoms with Crippen LogP contribution < -0.4 is 5.73 Å².